The van der Waals surface area contributed by atoms with Crippen LogP contribution in [0.2, 0.25) is 0 Å². The third-order valence-corrected chi connectivity index (χ3v) is 5.73. The number of anilines is 1. The van der Waals surface area contributed by atoms with E-state index in [-0.39, 0.29) is 11.4 Å². The van der Waals surface area contributed by atoms with E-state index in [9.17, 15) is 4.79 Å². The fraction of sp³-hybridized carbons (Fsp3) is 0.444. The number of carbonyl (C=O) groups is 1. The molecule has 1 aliphatic heterocycles. The highest BCUT2D eigenvalue weighted by atomic mass is 32.1. The van der Waals surface area contributed by atoms with Gasteiger partial charge in [0.05, 0.1) is 16.2 Å². The molecule has 0 aromatic carbocycles. The van der Waals surface area contributed by atoms with Crippen LogP contribution in [0.25, 0.3) is 0 Å². The van der Waals surface area contributed by atoms with Crippen molar-refractivity contribution in [2.75, 3.05) is 19.4 Å². The first-order valence-electron chi connectivity index (χ1n) is 8.44. The molecule has 1 aromatic rings. The van der Waals surface area contributed by atoms with Gasteiger partial charge in [0.2, 0.25) is 0 Å². The van der Waals surface area contributed by atoms with Gasteiger partial charge >= 0.3 is 0 Å². The van der Waals surface area contributed by atoms with Gasteiger partial charge in [-0.2, -0.15) is 0 Å². The average molecular weight is 372 g/mol. The number of hydrogen-bond acceptors (Lipinski definition) is 6. The summed E-state index contributed by atoms with van der Waals surface area (Å²) < 4.78 is 0. The summed E-state index contributed by atoms with van der Waals surface area (Å²) in [6.45, 7) is 9.69. The Morgan fingerprint density at radius 2 is 2.15 bits per heavy atom. The minimum absolute atomic E-state index is 0.0481. The second-order valence-corrected chi connectivity index (χ2v) is 7.88. The van der Waals surface area contributed by atoms with E-state index in [1.807, 2.05) is 26.3 Å². The van der Waals surface area contributed by atoms with Gasteiger partial charge in [0, 0.05) is 30.7 Å². The first-order valence-corrected chi connectivity index (χ1v) is 9.32. The van der Waals surface area contributed by atoms with E-state index in [4.69, 9.17) is 0 Å². The molecule has 0 spiro atoms. The monoisotopic (exact) mass is 372 g/mol. The van der Waals surface area contributed by atoms with Crippen molar-refractivity contribution in [1.29, 1.82) is 0 Å². The molecule has 1 aliphatic carbocycles. The van der Waals surface area contributed by atoms with E-state index in [2.05, 4.69) is 44.1 Å². The summed E-state index contributed by atoms with van der Waals surface area (Å²) in [4.78, 5) is 28.0. The lowest BCUT2D eigenvalue weighted by molar-refractivity contribution is -0.112. The van der Waals surface area contributed by atoms with Crippen molar-refractivity contribution in [2.45, 2.75) is 39.2 Å². The number of aryl methyl sites for hydroxylation is 1. The van der Waals surface area contributed by atoms with Crippen molar-refractivity contribution in [3.05, 3.63) is 33.1 Å². The third kappa shape index (κ3) is 3.16. The molecule has 0 bridgehead atoms. The molecule has 2 N–H and O–H groups in total. The second kappa shape index (κ2) is 6.68. The predicted molar refractivity (Wildman–Crippen MR) is 107 cm³/mol. The van der Waals surface area contributed by atoms with Crippen molar-refractivity contribution >= 4 is 35.6 Å². The maximum atomic E-state index is 13.0. The third-order valence-electron chi connectivity index (χ3n) is 4.95. The van der Waals surface area contributed by atoms with Crippen LogP contribution in [-0.4, -0.2) is 48.0 Å². The van der Waals surface area contributed by atoms with Crippen molar-refractivity contribution < 1.29 is 4.79 Å². The molecule has 1 saturated carbocycles. The van der Waals surface area contributed by atoms with E-state index in [0.29, 0.717) is 28.6 Å². The van der Waals surface area contributed by atoms with Gasteiger partial charge in [-0.3, -0.25) is 9.79 Å². The minimum Gasteiger partial charge on any atom is -0.354 e. The lowest BCUT2D eigenvalue weighted by atomic mass is 10.0. The van der Waals surface area contributed by atoms with Gasteiger partial charge in [0.25, 0.3) is 5.91 Å². The van der Waals surface area contributed by atoms with Crippen LogP contribution < -0.4 is 10.6 Å². The van der Waals surface area contributed by atoms with Crippen LogP contribution in [0, 0.1) is 6.92 Å². The number of carbonyl (C=O) groups excluding carboxylic acids is 1. The van der Waals surface area contributed by atoms with Crippen LogP contribution in [-0.2, 0) is 4.79 Å². The summed E-state index contributed by atoms with van der Waals surface area (Å²) in [5.74, 6) is 1.61. The minimum atomic E-state index is -0.232. The summed E-state index contributed by atoms with van der Waals surface area (Å²) in [6.07, 6.45) is 2.17. The molecule has 138 valence electrons. The Kier molecular flexibility index (Phi) is 4.70. The highest BCUT2D eigenvalue weighted by Gasteiger charge is 2.44. The zero-order valence-electron chi connectivity index (χ0n) is 15.8. The first-order chi connectivity index (χ1) is 12.3. The predicted octanol–water partition coefficient (Wildman–Crippen LogP) is 2.69. The molecule has 1 fully saturated rings. The number of hydrogen-bond donors (Lipinski definition) is 2. The highest BCUT2D eigenvalue weighted by Crippen LogP contribution is 2.43. The topological polar surface area (TPSA) is 82.0 Å². The number of amides is 1. The van der Waals surface area contributed by atoms with Crippen molar-refractivity contribution in [3.8, 4) is 0 Å². The fourth-order valence-electron chi connectivity index (χ4n) is 3.00. The number of nitrogens with one attached hydrogen (secondary N) is 2. The molecule has 0 atom stereocenters. The normalized spacial score (nSPS) is 21.5. The molecule has 2 aliphatic rings. The van der Waals surface area contributed by atoms with Crippen molar-refractivity contribution in [1.82, 2.24) is 15.2 Å². The quantitative estimate of drug-likeness (QED) is 0.779. The molecule has 7 nitrogen and oxygen atoms in total. The van der Waals surface area contributed by atoms with Crippen LogP contribution >= 0.6 is 11.3 Å². The van der Waals surface area contributed by atoms with Crippen LogP contribution in [0.4, 0.5) is 5.82 Å². The molecule has 26 heavy (non-hydrogen) atoms. The van der Waals surface area contributed by atoms with Crippen LogP contribution in [0.5, 0.6) is 0 Å². The van der Waals surface area contributed by atoms with Gasteiger partial charge in [0.15, 0.2) is 0 Å². The molecule has 0 unspecified atom stereocenters. The molecule has 1 amide bonds. The second-order valence-electron chi connectivity index (χ2n) is 6.82. The molecular weight excluding hydrogens is 348 g/mol. The Morgan fingerprint density at radius 1 is 1.46 bits per heavy atom. The summed E-state index contributed by atoms with van der Waals surface area (Å²) in [6, 6.07) is 0. The van der Waals surface area contributed by atoms with E-state index in [1.165, 1.54) is 11.3 Å². The van der Waals surface area contributed by atoms with Gasteiger partial charge in [0.1, 0.15) is 17.5 Å². The molecule has 8 heteroatoms. The molecule has 2 heterocycles. The summed E-state index contributed by atoms with van der Waals surface area (Å²) >= 11 is 1.49. The van der Waals surface area contributed by atoms with Gasteiger partial charge in [-0.15, -0.1) is 11.3 Å². The SMILES string of the molecule is C=N/C(=C1/C(C(=O)Nc2csc(C)n2)=C(C)N/C1=N/C)N(C)C1(C)CC1. The standard InChI is InChI=1S/C18H24N6OS/c1-10-13(17(25)23-12-9-26-11(2)22-12)14(15(19-4)21-10)16(20-5)24(6)18(3)7-8-18/h9H,5,7-8H2,1-4,6H3,(H,19,21)(H,23,25)/b16-14+. The highest BCUT2D eigenvalue weighted by molar-refractivity contribution is 7.09. The number of nitrogens with zero attached hydrogens (tertiary/aromatic N) is 4. The largest absolute Gasteiger partial charge is 0.354 e. The zero-order chi connectivity index (χ0) is 19.1. The van der Waals surface area contributed by atoms with Gasteiger partial charge < -0.3 is 15.5 Å². The lowest BCUT2D eigenvalue weighted by Gasteiger charge is -2.28. The number of rotatable bonds is 5. The van der Waals surface area contributed by atoms with E-state index < -0.39 is 0 Å². The molecule has 0 saturated heterocycles. The van der Waals surface area contributed by atoms with Gasteiger partial charge in [-0.05, 0) is 40.3 Å². The maximum absolute atomic E-state index is 13.0. The van der Waals surface area contributed by atoms with Crippen molar-refractivity contribution in [3.63, 3.8) is 0 Å². The summed E-state index contributed by atoms with van der Waals surface area (Å²) in [5.41, 5.74) is 1.99. The Labute approximate surface area is 157 Å². The molecule has 0 radical (unpaired) electrons. The Balaban J connectivity index is 2.03. The zero-order valence-corrected chi connectivity index (χ0v) is 16.6. The maximum Gasteiger partial charge on any atom is 0.259 e. The summed E-state index contributed by atoms with van der Waals surface area (Å²) in [7, 11) is 3.68. The first kappa shape index (κ1) is 18.3. The molecule has 1 aromatic heterocycles. The smallest absolute Gasteiger partial charge is 0.259 e. The number of thiazole rings is 1. The molecule has 3 rings (SSSR count). The van der Waals surface area contributed by atoms with Gasteiger partial charge in [-0.1, -0.05) is 0 Å². The Bertz CT molecular complexity index is 859. The Hall–Kier alpha value is -2.48. The molecular formula is C18H24N6OS. The van der Waals surface area contributed by atoms with Crippen LogP contribution in [0.15, 0.2) is 38.0 Å². The number of allylic oxidation sites excluding steroid dienone is 1. The number of aromatic nitrogens is 1. The van der Waals surface area contributed by atoms with E-state index >= 15 is 0 Å². The van der Waals surface area contributed by atoms with Crippen molar-refractivity contribution in [2.24, 2.45) is 9.98 Å². The van der Waals surface area contributed by atoms with Crippen LogP contribution in [0.3, 0.4) is 0 Å². The van der Waals surface area contributed by atoms with E-state index in [0.717, 1.165) is 23.5 Å². The fourth-order valence-corrected chi connectivity index (χ4v) is 3.55. The summed E-state index contributed by atoms with van der Waals surface area (Å²) in [5, 5.41) is 8.80. The Morgan fingerprint density at radius 3 is 2.65 bits per heavy atom. The van der Waals surface area contributed by atoms with E-state index in [1.54, 1.807) is 7.05 Å². The number of amidine groups is 1. The number of aliphatic imine (C=N–C) groups is 2. The average Bonchev–Trinajstić information content (AvgIpc) is 3.08. The lowest BCUT2D eigenvalue weighted by Crippen LogP contribution is -2.32. The van der Waals surface area contributed by atoms with Crippen LogP contribution in [0.1, 0.15) is 31.7 Å². The van der Waals surface area contributed by atoms with Gasteiger partial charge in [-0.25, -0.2) is 9.98 Å².